The molecule has 0 atom stereocenters. The van der Waals surface area contributed by atoms with Crippen LogP contribution < -0.4 is 14.8 Å². The minimum absolute atomic E-state index is 0.0675. The number of nitrogens with one attached hydrogen (secondary N) is 1. The number of anilines is 1. The van der Waals surface area contributed by atoms with Gasteiger partial charge in [-0.25, -0.2) is 8.42 Å². The Labute approximate surface area is 174 Å². The van der Waals surface area contributed by atoms with Crippen LogP contribution in [0, 0.1) is 0 Å². The van der Waals surface area contributed by atoms with Crippen LogP contribution in [0.5, 0.6) is 11.5 Å². The molecule has 10 heteroatoms. The number of piperazine rings is 1. The molecule has 2 aromatic rings. The fourth-order valence-corrected chi connectivity index (χ4v) is 5.11. The third kappa shape index (κ3) is 4.04. The molecule has 2 aliphatic rings. The number of sulfonamides is 1. The highest BCUT2D eigenvalue weighted by Gasteiger charge is 2.30. The van der Waals surface area contributed by atoms with Gasteiger partial charge in [-0.15, -0.1) is 0 Å². The van der Waals surface area contributed by atoms with Crippen molar-refractivity contribution in [2.45, 2.75) is 4.90 Å². The van der Waals surface area contributed by atoms with Crippen molar-refractivity contribution in [1.82, 2.24) is 9.21 Å². The lowest BCUT2D eigenvalue weighted by Crippen LogP contribution is -2.47. The number of carbonyl (C=O) groups is 1. The molecule has 1 amide bonds. The molecule has 0 aliphatic carbocycles. The zero-order valence-electron chi connectivity index (χ0n) is 15.7. The van der Waals surface area contributed by atoms with Crippen molar-refractivity contribution in [1.29, 1.82) is 0 Å². The molecule has 1 N–H and O–H groups in total. The lowest BCUT2D eigenvalue weighted by molar-refractivity contribution is 0.102. The molecular formula is C19H20ClN3O5S. The monoisotopic (exact) mass is 437 g/mol. The molecule has 0 unspecified atom stereocenters. The first-order valence-corrected chi connectivity index (χ1v) is 10.9. The van der Waals surface area contributed by atoms with E-state index >= 15 is 0 Å². The van der Waals surface area contributed by atoms with Gasteiger partial charge in [-0.05, 0) is 37.4 Å². The highest BCUT2D eigenvalue weighted by Crippen LogP contribution is 2.34. The maximum absolute atomic E-state index is 13.0. The Morgan fingerprint density at radius 2 is 1.76 bits per heavy atom. The summed E-state index contributed by atoms with van der Waals surface area (Å²) in [6.45, 7) is 2.17. The predicted octanol–water partition coefficient (Wildman–Crippen LogP) is 2.26. The maximum Gasteiger partial charge on any atom is 0.255 e. The largest absolute Gasteiger partial charge is 0.454 e. The first-order valence-electron chi connectivity index (χ1n) is 9.04. The van der Waals surface area contributed by atoms with E-state index in [2.05, 4.69) is 10.2 Å². The normalized spacial score (nSPS) is 17.3. The Morgan fingerprint density at radius 3 is 2.52 bits per heavy atom. The SMILES string of the molecule is CN1CCN(S(=O)(=O)c2cc(C(=O)Nc3ccc4c(c3)OCO4)ccc2Cl)CC1. The van der Waals surface area contributed by atoms with Gasteiger partial charge in [0, 0.05) is 43.5 Å². The fourth-order valence-electron chi connectivity index (χ4n) is 3.19. The van der Waals surface area contributed by atoms with Crippen molar-refractivity contribution < 1.29 is 22.7 Å². The Bertz CT molecular complexity index is 1050. The molecular weight excluding hydrogens is 418 g/mol. The topological polar surface area (TPSA) is 88.2 Å². The molecule has 0 bridgehead atoms. The molecule has 2 aromatic carbocycles. The van der Waals surface area contributed by atoms with E-state index in [0.29, 0.717) is 43.4 Å². The second kappa shape index (κ2) is 7.83. The number of halogens is 1. The predicted molar refractivity (Wildman–Crippen MR) is 108 cm³/mol. The van der Waals surface area contributed by atoms with Gasteiger partial charge >= 0.3 is 0 Å². The number of hydrogen-bond donors (Lipinski definition) is 1. The smallest absolute Gasteiger partial charge is 0.255 e. The van der Waals surface area contributed by atoms with E-state index in [1.165, 1.54) is 22.5 Å². The van der Waals surface area contributed by atoms with Crippen LogP contribution in [0.25, 0.3) is 0 Å². The van der Waals surface area contributed by atoms with Crippen molar-refractivity contribution in [2.75, 3.05) is 45.3 Å². The van der Waals surface area contributed by atoms with E-state index in [4.69, 9.17) is 21.1 Å². The van der Waals surface area contributed by atoms with Crippen LogP contribution in [0.1, 0.15) is 10.4 Å². The Hall–Kier alpha value is -2.33. The summed E-state index contributed by atoms with van der Waals surface area (Å²) in [4.78, 5) is 14.7. The van der Waals surface area contributed by atoms with Crippen LogP contribution in [0.15, 0.2) is 41.3 Å². The maximum atomic E-state index is 13.0. The second-order valence-electron chi connectivity index (χ2n) is 6.87. The van der Waals surface area contributed by atoms with Gasteiger partial charge in [-0.3, -0.25) is 4.79 Å². The van der Waals surface area contributed by atoms with Gasteiger partial charge in [-0.2, -0.15) is 4.31 Å². The number of hydrogen-bond acceptors (Lipinski definition) is 6. The number of carbonyl (C=O) groups excluding carboxylic acids is 1. The quantitative estimate of drug-likeness (QED) is 0.789. The zero-order chi connectivity index (χ0) is 20.6. The third-order valence-corrected chi connectivity index (χ3v) is 7.28. The van der Waals surface area contributed by atoms with E-state index in [9.17, 15) is 13.2 Å². The second-order valence-corrected chi connectivity index (χ2v) is 9.19. The summed E-state index contributed by atoms with van der Waals surface area (Å²) in [5.41, 5.74) is 0.706. The van der Waals surface area contributed by atoms with Crippen molar-refractivity contribution in [3.8, 4) is 11.5 Å². The molecule has 0 saturated carbocycles. The number of amides is 1. The van der Waals surface area contributed by atoms with E-state index < -0.39 is 15.9 Å². The van der Waals surface area contributed by atoms with Gasteiger partial charge in [0.15, 0.2) is 11.5 Å². The number of fused-ring (bicyclic) bond motifs is 1. The minimum atomic E-state index is -3.79. The van der Waals surface area contributed by atoms with Crippen LogP contribution >= 0.6 is 11.6 Å². The molecule has 154 valence electrons. The lowest BCUT2D eigenvalue weighted by atomic mass is 10.2. The Morgan fingerprint density at radius 1 is 1.03 bits per heavy atom. The van der Waals surface area contributed by atoms with E-state index in [1.807, 2.05) is 7.05 Å². The first-order chi connectivity index (χ1) is 13.8. The lowest BCUT2D eigenvalue weighted by Gasteiger charge is -2.31. The van der Waals surface area contributed by atoms with Crippen LogP contribution in [0.4, 0.5) is 5.69 Å². The fraction of sp³-hybridized carbons (Fsp3) is 0.316. The standard InChI is InChI=1S/C19H20ClN3O5S/c1-22-6-8-23(9-7-22)29(25,26)18-10-13(2-4-15(18)20)19(24)21-14-3-5-16-17(11-14)28-12-27-16/h2-5,10-11H,6-9,12H2,1H3,(H,21,24). The van der Waals surface area contributed by atoms with Crippen molar-refractivity contribution >= 4 is 33.2 Å². The molecule has 2 heterocycles. The summed E-state index contributed by atoms with van der Waals surface area (Å²) >= 11 is 6.18. The third-order valence-electron chi connectivity index (χ3n) is 4.90. The highest BCUT2D eigenvalue weighted by molar-refractivity contribution is 7.89. The summed E-state index contributed by atoms with van der Waals surface area (Å²) in [5.74, 6) is 0.697. The first kappa shape index (κ1) is 20.0. The van der Waals surface area contributed by atoms with Crippen LogP contribution in [0.2, 0.25) is 5.02 Å². The van der Waals surface area contributed by atoms with E-state index in [0.717, 1.165) is 0 Å². The summed E-state index contributed by atoms with van der Waals surface area (Å²) in [6.07, 6.45) is 0. The van der Waals surface area contributed by atoms with Gasteiger partial charge in [0.1, 0.15) is 4.90 Å². The number of rotatable bonds is 4. The molecule has 2 aliphatic heterocycles. The minimum Gasteiger partial charge on any atom is -0.454 e. The number of nitrogens with zero attached hydrogens (tertiary/aromatic N) is 2. The Kier molecular flexibility index (Phi) is 5.39. The molecule has 8 nitrogen and oxygen atoms in total. The van der Waals surface area contributed by atoms with Crippen LogP contribution in [-0.2, 0) is 10.0 Å². The van der Waals surface area contributed by atoms with Crippen LogP contribution in [-0.4, -0.2) is 63.5 Å². The summed E-state index contributed by atoms with van der Waals surface area (Å²) in [6, 6.07) is 9.27. The van der Waals surface area contributed by atoms with Gasteiger partial charge in [0.05, 0.1) is 5.02 Å². The molecule has 29 heavy (non-hydrogen) atoms. The average Bonchev–Trinajstić information content (AvgIpc) is 3.16. The molecule has 4 rings (SSSR count). The molecule has 0 aromatic heterocycles. The molecule has 0 spiro atoms. The number of ether oxygens (including phenoxy) is 2. The molecule has 0 radical (unpaired) electrons. The summed E-state index contributed by atoms with van der Waals surface area (Å²) in [5, 5.41) is 2.83. The van der Waals surface area contributed by atoms with Gasteiger partial charge in [0.25, 0.3) is 5.91 Å². The average molecular weight is 438 g/mol. The van der Waals surface area contributed by atoms with E-state index in [-0.39, 0.29) is 22.3 Å². The van der Waals surface area contributed by atoms with E-state index in [1.54, 1.807) is 18.2 Å². The zero-order valence-corrected chi connectivity index (χ0v) is 17.3. The Balaban J connectivity index is 1.57. The van der Waals surface area contributed by atoms with Gasteiger partial charge in [-0.1, -0.05) is 11.6 Å². The van der Waals surface area contributed by atoms with Crippen molar-refractivity contribution in [3.63, 3.8) is 0 Å². The molecule has 1 saturated heterocycles. The molecule has 1 fully saturated rings. The number of likely N-dealkylation sites (N-methyl/N-ethyl adjacent to an activating group) is 1. The van der Waals surface area contributed by atoms with Gasteiger partial charge < -0.3 is 19.7 Å². The number of benzene rings is 2. The highest BCUT2D eigenvalue weighted by atomic mass is 35.5. The van der Waals surface area contributed by atoms with Crippen molar-refractivity contribution in [3.05, 3.63) is 47.0 Å². The van der Waals surface area contributed by atoms with Crippen LogP contribution in [0.3, 0.4) is 0 Å². The summed E-state index contributed by atoms with van der Waals surface area (Å²) in [7, 11) is -1.85. The van der Waals surface area contributed by atoms with Crippen molar-refractivity contribution in [2.24, 2.45) is 0 Å². The summed E-state index contributed by atoms with van der Waals surface area (Å²) < 4.78 is 38.0. The van der Waals surface area contributed by atoms with Gasteiger partial charge in [0.2, 0.25) is 16.8 Å².